The minimum Gasteiger partial charge on any atom is -0.383 e. The molecule has 0 radical (unpaired) electrons. The highest BCUT2D eigenvalue weighted by molar-refractivity contribution is 7.91. The van der Waals surface area contributed by atoms with Gasteiger partial charge in [-0.2, -0.15) is 4.37 Å². The average Bonchev–Trinajstić information content (AvgIpc) is 2.45. The summed E-state index contributed by atoms with van der Waals surface area (Å²) in [7, 11) is -2.85. The highest BCUT2D eigenvalue weighted by Crippen LogP contribution is 2.30. The maximum Gasteiger partial charge on any atom is 0.152 e. The molecule has 0 unspecified atom stereocenters. The van der Waals surface area contributed by atoms with Crippen molar-refractivity contribution in [3.8, 4) is 0 Å². The first-order valence-electron chi connectivity index (χ1n) is 5.17. The van der Waals surface area contributed by atoms with E-state index in [-0.39, 0.29) is 11.5 Å². The van der Waals surface area contributed by atoms with E-state index < -0.39 is 9.84 Å². The van der Waals surface area contributed by atoms with Crippen molar-refractivity contribution in [3.05, 3.63) is 5.56 Å². The molecular formula is C9H15N3O2S2. The van der Waals surface area contributed by atoms with Crippen LogP contribution in [0.5, 0.6) is 0 Å². The van der Waals surface area contributed by atoms with Crippen LogP contribution in [0.15, 0.2) is 0 Å². The fourth-order valence-electron chi connectivity index (χ4n) is 1.78. The first-order valence-corrected chi connectivity index (χ1v) is 7.76. The zero-order valence-corrected chi connectivity index (χ0v) is 10.8. The topological polar surface area (TPSA) is 76.3 Å². The van der Waals surface area contributed by atoms with Crippen molar-refractivity contribution in [2.24, 2.45) is 0 Å². The summed E-state index contributed by atoms with van der Waals surface area (Å²) in [4.78, 5) is 2.08. The van der Waals surface area contributed by atoms with E-state index in [1.54, 1.807) is 0 Å². The summed E-state index contributed by atoms with van der Waals surface area (Å²) in [5.41, 5.74) is 6.66. The number of hydrogen-bond acceptors (Lipinski definition) is 6. The predicted molar refractivity (Wildman–Crippen MR) is 66.7 cm³/mol. The van der Waals surface area contributed by atoms with Crippen molar-refractivity contribution in [3.63, 3.8) is 0 Å². The Morgan fingerprint density at radius 2 is 2.12 bits per heavy atom. The van der Waals surface area contributed by atoms with E-state index in [2.05, 4.69) is 9.27 Å². The van der Waals surface area contributed by atoms with Crippen LogP contribution in [0.1, 0.15) is 12.0 Å². The van der Waals surface area contributed by atoms with Gasteiger partial charge in [0.1, 0.15) is 10.8 Å². The van der Waals surface area contributed by atoms with Gasteiger partial charge in [0.2, 0.25) is 0 Å². The number of anilines is 2. The van der Waals surface area contributed by atoms with Gasteiger partial charge in [0.05, 0.1) is 11.5 Å². The Morgan fingerprint density at radius 1 is 1.38 bits per heavy atom. The smallest absolute Gasteiger partial charge is 0.152 e. The zero-order chi connectivity index (χ0) is 11.8. The summed E-state index contributed by atoms with van der Waals surface area (Å²) in [6.45, 7) is 3.24. The van der Waals surface area contributed by atoms with Crippen molar-refractivity contribution in [2.45, 2.75) is 13.3 Å². The molecule has 2 heterocycles. The maximum absolute atomic E-state index is 11.5. The molecule has 0 aromatic carbocycles. The molecule has 0 bridgehead atoms. The second kappa shape index (κ2) is 4.21. The second-order valence-electron chi connectivity index (χ2n) is 3.99. The van der Waals surface area contributed by atoms with Gasteiger partial charge in [-0.05, 0) is 24.9 Å². The molecule has 0 amide bonds. The molecular weight excluding hydrogens is 246 g/mol. The van der Waals surface area contributed by atoms with Crippen LogP contribution in [-0.2, 0) is 9.84 Å². The molecule has 1 aliphatic rings. The predicted octanol–water partition coefficient (Wildman–Crippen LogP) is 0.659. The van der Waals surface area contributed by atoms with Gasteiger partial charge >= 0.3 is 0 Å². The first kappa shape index (κ1) is 11.7. The molecule has 0 saturated carbocycles. The monoisotopic (exact) mass is 261 g/mol. The summed E-state index contributed by atoms with van der Waals surface area (Å²) < 4.78 is 27.0. The van der Waals surface area contributed by atoms with Gasteiger partial charge in [-0.3, -0.25) is 0 Å². The molecule has 1 aromatic heterocycles. The molecule has 7 heteroatoms. The maximum atomic E-state index is 11.5. The minimum absolute atomic E-state index is 0.226. The molecule has 1 fully saturated rings. The number of rotatable bonds is 1. The number of sulfone groups is 1. The Hall–Kier alpha value is -0.820. The van der Waals surface area contributed by atoms with E-state index in [0.717, 1.165) is 17.1 Å². The van der Waals surface area contributed by atoms with Crippen molar-refractivity contribution in [2.75, 3.05) is 35.2 Å². The fraction of sp³-hybridized carbons (Fsp3) is 0.667. The van der Waals surface area contributed by atoms with Gasteiger partial charge in [0.25, 0.3) is 0 Å². The molecule has 90 valence electrons. The van der Waals surface area contributed by atoms with Crippen LogP contribution in [0, 0.1) is 6.92 Å². The third kappa shape index (κ3) is 2.30. The van der Waals surface area contributed by atoms with E-state index in [1.165, 1.54) is 11.5 Å². The van der Waals surface area contributed by atoms with Gasteiger partial charge in [-0.1, -0.05) is 0 Å². The molecule has 16 heavy (non-hydrogen) atoms. The van der Waals surface area contributed by atoms with E-state index in [1.807, 2.05) is 6.92 Å². The Kier molecular flexibility index (Phi) is 3.07. The van der Waals surface area contributed by atoms with Crippen molar-refractivity contribution in [1.29, 1.82) is 0 Å². The van der Waals surface area contributed by atoms with Gasteiger partial charge in [-0.15, -0.1) is 0 Å². The highest BCUT2D eigenvalue weighted by atomic mass is 32.2. The third-order valence-corrected chi connectivity index (χ3v) is 5.52. The SMILES string of the molecule is Cc1c(N)nsc1N1CCCS(=O)(=O)CC1. The largest absolute Gasteiger partial charge is 0.383 e. The van der Waals surface area contributed by atoms with Crippen LogP contribution in [0.25, 0.3) is 0 Å². The molecule has 2 N–H and O–H groups in total. The summed E-state index contributed by atoms with van der Waals surface area (Å²) in [5.74, 6) is 1.06. The van der Waals surface area contributed by atoms with Crippen LogP contribution in [0.4, 0.5) is 10.8 Å². The van der Waals surface area contributed by atoms with Gasteiger partial charge in [0.15, 0.2) is 9.84 Å². The number of hydrogen-bond donors (Lipinski definition) is 1. The quantitative estimate of drug-likeness (QED) is 0.803. The van der Waals surface area contributed by atoms with Crippen molar-refractivity contribution >= 4 is 32.2 Å². The number of nitrogens with two attached hydrogens (primary N) is 1. The number of aromatic nitrogens is 1. The van der Waals surface area contributed by atoms with Crippen LogP contribution in [-0.4, -0.2) is 37.4 Å². The zero-order valence-electron chi connectivity index (χ0n) is 9.14. The standard InChI is InChI=1S/C9H15N3O2S2/c1-7-8(10)11-15-9(7)12-3-2-5-16(13,14)6-4-12/h2-6H2,1H3,(H2,10,11). The van der Waals surface area contributed by atoms with Crippen LogP contribution in [0.2, 0.25) is 0 Å². The third-order valence-electron chi connectivity index (χ3n) is 2.78. The summed E-state index contributed by atoms with van der Waals surface area (Å²) in [5, 5.41) is 1.01. The lowest BCUT2D eigenvalue weighted by Gasteiger charge is -2.20. The van der Waals surface area contributed by atoms with Crippen LogP contribution >= 0.6 is 11.5 Å². The summed E-state index contributed by atoms with van der Waals surface area (Å²) in [6, 6.07) is 0. The normalized spacial score (nSPS) is 20.7. The van der Waals surface area contributed by atoms with Gasteiger partial charge in [-0.25, -0.2) is 8.42 Å². The minimum atomic E-state index is -2.85. The van der Waals surface area contributed by atoms with E-state index in [4.69, 9.17) is 5.73 Å². The molecule has 1 saturated heterocycles. The molecule has 1 aliphatic heterocycles. The first-order chi connectivity index (χ1) is 7.49. The van der Waals surface area contributed by atoms with E-state index in [9.17, 15) is 8.42 Å². The molecule has 0 atom stereocenters. The highest BCUT2D eigenvalue weighted by Gasteiger charge is 2.22. The average molecular weight is 261 g/mol. The number of nitrogen functional groups attached to an aromatic ring is 1. The Bertz CT molecular complexity index is 481. The van der Waals surface area contributed by atoms with Gasteiger partial charge < -0.3 is 10.6 Å². The summed E-state index contributed by atoms with van der Waals surface area (Å²) in [6.07, 6.45) is 0.680. The Labute approximate surface area is 99.3 Å². The Morgan fingerprint density at radius 3 is 2.75 bits per heavy atom. The van der Waals surface area contributed by atoms with Crippen molar-refractivity contribution < 1.29 is 8.42 Å². The van der Waals surface area contributed by atoms with Gasteiger partial charge in [0, 0.05) is 18.7 Å². The molecule has 0 aliphatic carbocycles. The molecule has 5 nitrogen and oxygen atoms in total. The fourth-order valence-corrected chi connectivity index (χ4v) is 3.91. The summed E-state index contributed by atoms with van der Waals surface area (Å²) >= 11 is 1.35. The molecule has 2 rings (SSSR count). The van der Waals surface area contributed by atoms with Crippen LogP contribution in [0.3, 0.4) is 0 Å². The lowest BCUT2D eigenvalue weighted by Crippen LogP contribution is -2.26. The van der Waals surface area contributed by atoms with Crippen LogP contribution < -0.4 is 10.6 Å². The second-order valence-corrected chi connectivity index (χ2v) is 7.05. The lowest BCUT2D eigenvalue weighted by molar-refractivity contribution is 0.597. The number of nitrogens with zero attached hydrogens (tertiary/aromatic N) is 2. The molecule has 0 spiro atoms. The Balaban J connectivity index is 2.20. The van der Waals surface area contributed by atoms with Crippen molar-refractivity contribution in [1.82, 2.24) is 4.37 Å². The lowest BCUT2D eigenvalue weighted by atomic mass is 10.3. The molecule has 1 aromatic rings. The van der Waals surface area contributed by atoms with E-state index >= 15 is 0 Å². The van der Waals surface area contributed by atoms with E-state index in [0.29, 0.717) is 18.8 Å².